The molecule has 1 amide bonds. The van der Waals surface area contributed by atoms with Crippen LogP contribution in [0.15, 0.2) is 0 Å². The first-order valence-corrected chi connectivity index (χ1v) is 4.62. The lowest BCUT2D eigenvalue weighted by Crippen LogP contribution is -2.43. The molecular formula is C9H17NO2. The molecule has 0 radical (unpaired) electrons. The fourth-order valence-corrected chi connectivity index (χ4v) is 1.27. The molecule has 1 aliphatic rings. The van der Waals surface area contributed by atoms with Crippen molar-refractivity contribution in [3.63, 3.8) is 0 Å². The van der Waals surface area contributed by atoms with Gasteiger partial charge in [0, 0.05) is 19.0 Å². The van der Waals surface area contributed by atoms with Gasteiger partial charge in [-0.05, 0) is 6.42 Å². The third-order valence-corrected chi connectivity index (χ3v) is 2.36. The highest BCUT2D eigenvalue weighted by molar-refractivity contribution is 5.78. The molecule has 0 unspecified atom stereocenters. The second kappa shape index (κ2) is 4.45. The van der Waals surface area contributed by atoms with Crippen molar-refractivity contribution >= 4 is 5.91 Å². The van der Waals surface area contributed by atoms with Crippen molar-refractivity contribution in [1.82, 2.24) is 4.90 Å². The Bertz CT molecular complexity index is 153. The maximum Gasteiger partial charge on any atom is 0.225 e. The first-order chi connectivity index (χ1) is 5.75. The Kier molecular flexibility index (Phi) is 3.53. The van der Waals surface area contributed by atoms with Crippen molar-refractivity contribution in [3.05, 3.63) is 0 Å². The fourth-order valence-electron chi connectivity index (χ4n) is 1.27. The van der Waals surface area contributed by atoms with Crippen LogP contribution in [0.2, 0.25) is 0 Å². The Balaban J connectivity index is 2.39. The van der Waals surface area contributed by atoms with Crippen LogP contribution >= 0.6 is 0 Å². The van der Waals surface area contributed by atoms with Crippen LogP contribution in [-0.2, 0) is 9.53 Å². The summed E-state index contributed by atoms with van der Waals surface area (Å²) in [6.07, 6.45) is 0.927. The lowest BCUT2D eigenvalue weighted by molar-refractivity contribution is -0.139. The molecule has 0 bridgehead atoms. The highest BCUT2D eigenvalue weighted by Gasteiger charge is 2.20. The van der Waals surface area contributed by atoms with Crippen LogP contribution in [0.5, 0.6) is 0 Å². The molecule has 1 heterocycles. The lowest BCUT2D eigenvalue weighted by Gasteiger charge is -2.28. The minimum absolute atomic E-state index is 0.170. The summed E-state index contributed by atoms with van der Waals surface area (Å²) in [7, 11) is 0. The number of hydrogen-bond donors (Lipinski definition) is 0. The van der Waals surface area contributed by atoms with Crippen LogP contribution in [0.3, 0.4) is 0 Å². The van der Waals surface area contributed by atoms with Crippen molar-refractivity contribution in [1.29, 1.82) is 0 Å². The van der Waals surface area contributed by atoms with E-state index in [0.717, 1.165) is 19.5 Å². The summed E-state index contributed by atoms with van der Waals surface area (Å²) >= 11 is 0. The van der Waals surface area contributed by atoms with Crippen molar-refractivity contribution in [2.75, 3.05) is 26.3 Å². The van der Waals surface area contributed by atoms with Gasteiger partial charge in [-0.1, -0.05) is 13.8 Å². The second-order valence-electron chi connectivity index (χ2n) is 3.25. The molecule has 3 heteroatoms. The van der Waals surface area contributed by atoms with E-state index < -0.39 is 0 Å². The molecule has 1 saturated heterocycles. The number of nitrogens with zero attached hydrogens (tertiary/aromatic N) is 1. The summed E-state index contributed by atoms with van der Waals surface area (Å²) in [5.41, 5.74) is 0. The molecule has 0 N–H and O–H groups in total. The van der Waals surface area contributed by atoms with Crippen LogP contribution < -0.4 is 0 Å². The third-order valence-electron chi connectivity index (χ3n) is 2.36. The molecule has 1 atom stereocenters. The maximum atomic E-state index is 11.6. The van der Waals surface area contributed by atoms with E-state index in [9.17, 15) is 4.79 Å². The summed E-state index contributed by atoms with van der Waals surface area (Å²) in [5.74, 6) is 0.448. The predicted octanol–water partition coefficient (Wildman–Crippen LogP) is 0.891. The quantitative estimate of drug-likeness (QED) is 0.617. The Labute approximate surface area is 73.7 Å². The van der Waals surface area contributed by atoms with E-state index in [-0.39, 0.29) is 11.8 Å². The van der Waals surface area contributed by atoms with Crippen molar-refractivity contribution in [2.45, 2.75) is 20.3 Å². The lowest BCUT2D eigenvalue weighted by atomic mass is 10.1. The molecule has 70 valence electrons. The molecule has 0 aliphatic carbocycles. The largest absolute Gasteiger partial charge is 0.378 e. The Morgan fingerprint density at radius 3 is 2.58 bits per heavy atom. The average molecular weight is 171 g/mol. The maximum absolute atomic E-state index is 11.6. The van der Waals surface area contributed by atoms with Gasteiger partial charge in [-0.2, -0.15) is 0 Å². The molecule has 1 rings (SSSR count). The number of amides is 1. The highest BCUT2D eigenvalue weighted by Crippen LogP contribution is 2.08. The van der Waals surface area contributed by atoms with E-state index in [1.165, 1.54) is 0 Å². The van der Waals surface area contributed by atoms with Gasteiger partial charge in [0.2, 0.25) is 5.91 Å². The molecule has 3 nitrogen and oxygen atoms in total. The Morgan fingerprint density at radius 1 is 1.50 bits per heavy atom. The third kappa shape index (κ3) is 2.21. The molecule has 12 heavy (non-hydrogen) atoms. The molecule has 0 spiro atoms. The van der Waals surface area contributed by atoms with Gasteiger partial charge in [0.1, 0.15) is 0 Å². The van der Waals surface area contributed by atoms with Gasteiger partial charge in [0.15, 0.2) is 0 Å². The summed E-state index contributed by atoms with van der Waals surface area (Å²) < 4.78 is 5.17. The van der Waals surface area contributed by atoms with Crippen LogP contribution in [0.1, 0.15) is 20.3 Å². The van der Waals surface area contributed by atoms with Crippen LogP contribution in [0.4, 0.5) is 0 Å². The number of morpholine rings is 1. The Hall–Kier alpha value is -0.570. The van der Waals surface area contributed by atoms with Crippen LogP contribution in [-0.4, -0.2) is 37.1 Å². The van der Waals surface area contributed by atoms with E-state index in [1.807, 2.05) is 18.7 Å². The second-order valence-corrected chi connectivity index (χ2v) is 3.25. The summed E-state index contributed by atoms with van der Waals surface area (Å²) in [6, 6.07) is 0. The predicted molar refractivity (Wildman–Crippen MR) is 46.9 cm³/mol. The average Bonchev–Trinajstić information content (AvgIpc) is 2.17. The van der Waals surface area contributed by atoms with E-state index in [4.69, 9.17) is 4.74 Å². The number of hydrogen-bond acceptors (Lipinski definition) is 2. The van der Waals surface area contributed by atoms with Gasteiger partial charge in [-0.15, -0.1) is 0 Å². The molecule has 0 aromatic rings. The number of ether oxygens (including phenoxy) is 1. The normalized spacial score (nSPS) is 20.7. The molecule has 0 aromatic heterocycles. The van der Waals surface area contributed by atoms with Gasteiger partial charge < -0.3 is 9.64 Å². The minimum atomic E-state index is 0.170. The van der Waals surface area contributed by atoms with Crippen LogP contribution in [0, 0.1) is 5.92 Å². The number of carbonyl (C=O) groups is 1. The van der Waals surface area contributed by atoms with Crippen molar-refractivity contribution in [2.24, 2.45) is 5.92 Å². The molecule has 0 saturated carbocycles. The Morgan fingerprint density at radius 2 is 2.08 bits per heavy atom. The first-order valence-electron chi connectivity index (χ1n) is 4.62. The summed E-state index contributed by atoms with van der Waals surface area (Å²) in [6.45, 7) is 6.96. The van der Waals surface area contributed by atoms with E-state index >= 15 is 0 Å². The smallest absolute Gasteiger partial charge is 0.225 e. The van der Waals surface area contributed by atoms with Crippen LogP contribution in [0.25, 0.3) is 0 Å². The number of rotatable bonds is 2. The van der Waals surface area contributed by atoms with E-state index in [0.29, 0.717) is 13.2 Å². The van der Waals surface area contributed by atoms with Gasteiger partial charge in [0.25, 0.3) is 0 Å². The molecule has 1 aliphatic heterocycles. The molecular weight excluding hydrogens is 154 g/mol. The van der Waals surface area contributed by atoms with Gasteiger partial charge >= 0.3 is 0 Å². The molecule has 0 aromatic carbocycles. The minimum Gasteiger partial charge on any atom is -0.378 e. The first kappa shape index (κ1) is 9.52. The standard InChI is InChI=1S/C9H17NO2/c1-3-8(2)9(11)10-4-6-12-7-5-10/h8H,3-7H2,1-2H3/t8-/m0/s1. The summed E-state index contributed by atoms with van der Waals surface area (Å²) in [4.78, 5) is 13.5. The van der Waals surface area contributed by atoms with Crippen molar-refractivity contribution in [3.8, 4) is 0 Å². The number of carbonyl (C=O) groups excluding carboxylic acids is 1. The van der Waals surface area contributed by atoms with Crippen molar-refractivity contribution < 1.29 is 9.53 Å². The monoisotopic (exact) mass is 171 g/mol. The van der Waals surface area contributed by atoms with E-state index in [1.54, 1.807) is 0 Å². The zero-order valence-electron chi connectivity index (χ0n) is 7.88. The zero-order valence-corrected chi connectivity index (χ0v) is 7.88. The molecule has 1 fully saturated rings. The van der Waals surface area contributed by atoms with Gasteiger partial charge in [-0.25, -0.2) is 0 Å². The van der Waals surface area contributed by atoms with E-state index in [2.05, 4.69) is 0 Å². The summed E-state index contributed by atoms with van der Waals surface area (Å²) in [5, 5.41) is 0. The topological polar surface area (TPSA) is 29.5 Å². The van der Waals surface area contributed by atoms with Gasteiger partial charge in [-0.3, -0.25) is 4.79 Å². The highest BCUT2D eigenvalue weighted by atomic mass is 16.5. The van der Waals surface area contributed by atoms with Gasteiger partial charge in [0.05, 0.1) is 13.2 Å². The SMILES string of the molecule is CC[C@H](C)C(=O)N1CCOCC1. The zero-order chi connectivity index (χ0) is 8.97. The fraction of sp³-hybridized carbons (Fsp3) is 0.889.